The zero-order valence-corrected chi connectivity index (χ0v) is 13.5. The number of nitrogens with zero attached hydrogens (tertiary/aromatic N) is 1. The van der Waals surface area contributed by atoms with Gasteiger partial charge in [-0.3, -0.25) is 0 Å². The highest BCUT2D eigenvalue weighted by atomic mass is 32.1. The molecule has 2 rings (SSSR count). The van der Waals surface area contributed by atoms with Crippen LogP contribution in [0.4, 0.5) is 0 Å². The highest BCUT2D eigenvalue weighted by Gasteiger charge is 2.10. The van der Waals surface area contributed by atoms with Crippen LogP contribution in [0, 0.1) is 0 Å². The summed E-state index contributed by atoms with van der Waals surface area (Å²) in [6.45, 7) is 6.66. The van der Waals surface area contributed by atoms with Crippen LogP contribution in [0.2, 0.25) is 0 Å². The molecule has 2 aromatic rings. The van der Waals surface area contributed by atoms with Gasteiger partial charge >= 0.3 is 0 Å². The number of nitrogens with one attached hydrogen (secondary N) is 1. The minimum Gasteiger partial charge on any atom is -0.354 e. The Morgan fingerprint density at radius 1 is 1.25 bits per heavy atom. The Hall–Kier alpha value is -1.06. The van der Waals surface area contributed by atoms with E-state index < -0.39 is 0 Å². The van der Waals surface area contributed by atoms with Gasteiger partial charge in [-0.15, -0.1) is 0 Å². The number of hydrogen-bond acceptors (Lipinski definition) is 2. The first-order chi connectivity index (χ1) is 9.83. The van der Waals surface area contributed by atoms with Gasteiger partial charge in [-0.1, -0.05) is 20.3 Å². The largest absolute Gasteiger partial charge is 0.354 e. The molecule has 0 fully saturated rings. The molecule has 0 aliphatic carbocycles. The Bertz CT molecular complexity index is 473. The fourth-order valence-electron chi connectivity index (χ4n) is 2.49. The molecule has 110 valence electrons. The highest BCUT2D eigenvalue weighted by molar-refractivity contribution is 7.07. The van der Waals surface area contributed by atoms with Crippen molar-refractivity contribution in [1.82, 2.24) is 9.88 Å². The molecule has 1 atom stereocenters. The van der Waals surface area contributed by atoms with Crippen LogP contribution >= 0.6 is 11.3 Å². The Morgan fingerprint density at radius 3 is 2.85 bits per heavy atom. The van der Waals surface area contributed by atoms with E-state index >= 15 is 0 Å². The molecule has 0 saturated carbocycles. The predicted molar refractivity (Wildman–Crippen MR) is 88.4 cm³/mol. The zero-order chi connectivity index (χ0) is 14.2. The summed E-state index contributed by atoms with van der Waals surface area (Å²) in [4.78, 5) is 0. The normalized spacial score (nSPS) is 12.7. The van der Waals surface area contributed by atoms with Gasteiger partial charge in [0.2, 0.25) is 0 Å². The molecule has 3 heteroatoms. The molecule has 2 heterocycles. The van der Waals surface area contributed by atoms with E-state index in [9.17, 15) is 0 Å². The van der Waals surface area contributed by atoms with Crippen molar-refractivity contribution in [3.8, 4) is 0 Å². The molecule has 20 heavy (non-hydrogen) atoms. The van der Waals surface area contributed by atoms with Crippen LogP contribution in [-0.2, 0) is 13.0 Å². The van der Waals surface area contributed by atoms with Crippen LogP contribution in [0.3, 0.4) is 0 Å². The molecular formula is C17H26N2S. The molecule has 0 bridgehead atoms. The van der Waals surface area contributed by atoms with E-state index in [2.05, 4.69) is 59.0 Å². The molecular weight excluding hydrogens is 264 g/mol. The van der Waals surface area contributed by atoms with Gasteiger partial charge in [-0.25, -0.2) is 0 Å². The van der Waals surface area contributed by atoms with Gasteiger partial charge < -0.3 is 9.88 Å². The van der Waals surface area contributed by atoms with Crippen molar-refractivity contribution >= 4 is 11.3 Å². The molecule has 1 unspecified atom stereocenters. The van der Waals surface area contributed by atoms with Gasteiger partial charge in [0.05, 0.1) is 0 Å². The minimum atomic E-state index is 0.516. The first-order valence-electron chi connectivity index (χ1n) is 7.73. The standard InChI is InChI=1S/C17H26N2S/c1-3-5-17(18-9-4-2)16-7-11-19(13-16)10-6-15-8-12-20-14-15/h7-8,11-14,17-18H,3-6,9-10H2,1-2H3. The molecule has 0 aliphatic rings. The van der Waals surface area contributed by atoms with Gasteiger partial charge in [-0.2, -0.15) is 11.3 Å². The van der Waals surface area contributed by atoms with E-state index in [1.54, 1.807) is 11.3 Å². The quantitative estimate of drug-likeness (QED) is 0.712. The maximum atomic E-state index is 3.66. The van der Waals surface area contributed by atoms with Gasteiger partial charge in [0.15, 0.2) is 0 Å². The molecule has 1 N–H and O–H groups in total. The van der Waals surface area contributed by atoms with Crippen LogP contribution in [0.15, 0.2) is 35.3 Å². The van der Waals surface area contributed by atoms with Crippen LogP contribution in [0.1, 0.15) is 50.3 Å². The summed E-state index contributed by atoms with van der Waals surface area (Å²) in [7, 11) is 0. The highest BCUT2D eigenvalue weighted by Crippen LogP contribution is 2.19. The lowest BCUT2D eigenvalue weighted by Crippen LogP contribution is -2.21. The second kappa shape index (κ2) is 8.28. The van der Waals surface area contributed by atoms with E-state index in [4.69, 9.17) is 0 Å². The van der Waals surface area contributed by atoms with Crippen molar-refractivity contribution in [3.63, 3.8) is 0 Å². The lowest BCUT2D eigenvalue weighted by molar-refractivity contribution is 0.493. The maximum Gasteiger partial charge on any atom is 0.0335 e. The smallest absolute Gasteiger partial charge is 0.0335 e. The second-order valence-electron chi connectivity index (χ2n) is 5.36. The van der Waals surface area contributed by atoms with E-state index in [1.807, 2.05) is 0 Å². The average Bonchev–Trinajstić information content (AvgIpc) is 3.12. The Labute approximate surface area is 126 Å². The van der Waals surface area contributed by atoms with Crippen LogP contribution in [0.25, 0.3) is 0 Å². The van der Waals surface area contributed by atoms with Gasteiger partial charge in [0.1, 0.15) is 0 Å². The van der Waals surface area contributed by atoms with Crippen LogP contribution < -0.4 is 5.32 Å². The topological polar surface area (TPSA) is 17.0 Å². The van der Waals surface area contributed by atoms with E-state index in [0.29, 0.717) is 6.04 Å². The summed E-state index contributed by atoms with van der Waals surface area (Å²) in [5, 5.41) is 8.06. The third-order valence-corrected chi connectivity index (χ3v) is 4.36. The van der Waals surface area contributed by atoms with E-state index in [-0.39, 0.29) is 0 Å². The lowest BCUT2D eigenvalue weighted by atomic mass is 10.1. The third-order valence-electron chi connectivity index (χ3n) is 3.63. The van der Waals surface area contributed by atoms with Gasteiger partial charge in [-0.05, 0) is 59.8 Å². The molecule has 2 nitrogen and oxygen atoms in total. The number of aromatic nitrogens is 1. The Kier molecular flexibility index (Phi) is 6.34. The predicted octanol–water partition coefficient (Wildman–Crippen LogP) is 4.63. The van der Waals surface area contributed by atoms with Crippen molar-refractivity contribution in [2.75, 3.05) is 6.54 Å². The summed E-state index contributed by atoms with van der Waals surface area (Å²) in [5.41, 5.74) is 2.88. The van der Waals surface area contributed by atoms with Crippen molar-refractivity contribution in [2.24, 2.45) is 0 Å². The lowest BCUT2D eigenvalue weighted by Gasteiger charge is -2.16. The Balaban J connectivity index is 1.91. The van der Waals surface area contributed by atoms with E-state index in [1.165, 1.54) is 30.4 Å². The first kappa shape index (κ1) is 15.3. The van der Waals surface area contributed by atoms with Gasteiger partial charge in [0, 0.05) is 25.0 Å². The summed E-state index contributed by atoms with van der Waals surface area (Å²) in [6, 6.07) is 5.01. The molecule has 2 aromatic heterocycles. The fraction of sp³-hybridized carbons (Fsp3) is 0.529. The second-order valence-corrected chi connectivity index (χ2v) is 6.14. The van der Waals surface area contributed by atoms with E-state index in [0.717, 1.165) is 19.5 Å². The fourth-order valence-corrected chi connectivity index (χ4v) is 3.19. The average molecular weight is 290 g/mol. The molecule has 0 aliphatic heterocycles. The molecule has 0 spiro atoms. The third kappa shape index (κ3) is 4.50. The summed E-state index contributed by atoms with van der Waals surface area (Å²) >= 11 is 1.78. The molecule has 0 aromatic carbocycles. The maximum absolute atomic E-state index is 3.66. The number of thiophene rings is 1. The Morgan fingerprint density at radius 2 is 2.15 bits per heavy atom. The van der Waals surface area contributed by atoms with Crippen molar-refractivity contribution in [2.45, 2.75) is 52.1 Å². The minimum absolute atomic E-state index is 0.516. The number of rotatable bonds is 9. The summed E-state index contributed by atoms with van der Waals surface area (Å²) in [5.74, 6) is 0. The monoisotopic (exact) mass is 290 g/mol. The molecule has 0 amide bonds. The SMILES string of the molecule is CCCNC(CCC)c1ccn(CCc2ccsc2)c1. The van der Waals surface area contributed by atoms with Crippen molar-refractivity contribution < 1.29 is 0 Å². The van der Waals surface area contributed by atoms with Gasteiger partial charge in [0.25, 0.3) is 0 Å². The van der Waals surface area contributed by atoms with Crippen LogP contribution in [0.5, 0.6) is 0 Å². The summed E-state index contributed by atoms with van der Waals surface area (Å²) in [6.07, 6.45) is 9.29. The van der Waals surface area contributed by atoms with Crippen molar-refractivity contribution in [3.05, 3.63) is 46.4 Å². The van der Waals surface area contributed by atoms with Crippen LogP contribution in [-0.4, -0.2) is 11.1 Å². The molecule has 0 saturated heterocycles. The number of aryl methyl sites for hydroxylation is 2. The summed E-state index contributed by atoms with van der Waals surface area (Å²) < 4.78 is 2.32. The first-order valence-corrected chi connectivity index (χ1v) is 8.68. The zero-order valence-electron chi connectivity index (χ0n) is 12.6. The van der Waals surface area contributed by atoms with Crippen molar-refractivity contribution in [1.29, 1.82) is 0 Å². The molecule has 0 radical (unpaired) electrons. The number of hydrogen-bond donors (Lipinski definition) is 1.